The number of hydrogen-bond acceptors (Lipinski definition) is 4. The molecule has 5 heteroatoms. The largest absolute Gasteiger partial charge is 0.493 e. The van der Waals surface area contributed by atoms with Crippen LogP contribution in [0.3, 0.4) is 0 Å². The molecule has 1 unspecified atom stereocenters. The van der Waals surface area contributed by atoms with E-state index >= 15 is 0 Å². The average Bonchev–Trinajstić information content (AvgIpc) is 3.16. The lowest BCUT2D eigenvalue weighted by molar-refractivity contribution is 0.257. The molecule has 3 rings (SSSR count). The maximum Gasteiger partial charge on any atom is 0.167 e. The number of nitrogens with one attached hydrogen (secondary N) is 1. The molecule has 1 heterocycles. The van der Waals surface area contributed by atoms with Gasteiger partial charge in [-0.25, -0.2) is 0 Å². The smallest absolute Gasteiger partial charge is 0.167 e. The van der Waals surface area contributed by atoms with Crippen LogP contribution in [0, 0.1) is 6.92 Å². The highest BCUT2D eigenvalue weighted by atomic mass is 79.9. The Morgan fingerprint density at radius 3 is 2.79 bits per heavy atom. The maximum absolute atomic E-state index is 6.27. The van der Waals surface area contributed by atoms with Gasteiger partial charge in [0.05, 0.1) is 7.11 Å². The van der Waals surface area contributed by atoms with Gasteiger partial charge >= 0.3 is 0 Å². The number of halogens is 1. The van der Waals surface area contributed by atoms with Gasteiger partial charge < -0.3 is 14.8 Å². The summed E-state index contributed by atoms with van der Waals surface area (Å²) < 4.78 is 12.9. The lowest BCUT2D eigenvalue weighted by atomic mass is 10.1. The number of likely N-dealkylation sites (tertiary alicyclic amines) is 1. The first-order valence-corrected chi connectivity index (χ1v) is 10.9. The van der Waals surface area contributed by atoms with Gasteiger partial charge in [-0.15, -0.1) is 0 Å². The van der Waals surface area contributed by atoms with Crippen LogP contribution in [0.25, 0.3) is 0 Å². The summed E-state index contributed by atoms with van der Waals surface area (Å²) in [6.45, 7) is 8.97. The lowest BCUT2D eigenvalue weighted by Crippen LogP contribution is -2.37. The first-order chi connectivity index (χ1) is 13.6. The van der Waals surface area contributed by atoms with E-state index in [1.165, 1.54) is 30.5 Å². The Balaban J connectivity index is 1.71. The van der Waals surface area contributed by atoms with E-state index in [0.717, 1.165) is 41.2 Å². The summed E-state index contributed by atoms with van der Waals surface area (Å²) >= 11 is 3.70. The normalized spacial score (nSPS) is 17.1. The Labute approximate surface area is 177 Å². The number of methoxy groups -OCH3 is 1. The van der Waals surface area contributed by atoms with E-state index in [2.05, 4.69) is 58.2 Å². The third-order valence-electron chi connectivity index (χ3n) is 5.61. The minimum Gasteiger partial charge on any atom is -0.493 e. The van der Waals surface area contributed by atoms with Crippen LogP contribution in [0.4, 0.5) is 0 Å². The van der Waals surface area contributed by atoms with Gasteiger partial charge in [0.2, 0.25) is 0 Å². The van der Waals surface area contributed by atoms with E-state index in [9.17, 15) is 0 Å². The predicted octanol–water partition coefficient (Wildman–Crippen LogP) is 4.92. The highest BCUT2D eigenvalue weighted by Crippen LogP contribution is 2.37. The molecular formula is C23H31BrN2O2. The summed E-state index contributed by atoms with van der Waals surface area (Å²) in [6.07, 6.45) is 2.57. The van der Waals surface area contributed by atoms with E-state index < -0.39 is 0 Å². The van der Waals surface area contributed by atoms with Crippen molar-refractivity contribution in [3.63, 3.8) is 0 Å². The van der Waals surface area contributed by atoms with E-state index in [-0.39, 0.29) is 0 Å². The van der Waals surface area contributed by atoms with Gasteiger partial charge in [-0.2, -0.15) is 0 Å². The van der Waals surface area contributed by atoms with Crippen LogP contribution >= 0.6 is 15.9 Å². The molecule has 1 fully saturated rings. The molecule has 0 saturated carbocycles. The Kier molecular flexibility index (Phi) is 7.77. The number of benzene rings is 2. The third kappa shape index (κ3) is 5.07. The second kappa shape index (κ2) is 10.3. The summed E-state index contributed by atoms with van der Waals surface area (Å²) in [5.41, 5.74) is 3.53. The monoisotopic (exact) mass is 446 g/mol. The number of ether oxygens (including phenoxy) is 2. The molecule has 4 nitrogen and oxygen atoms in total. The van der Waals surface area contributed by atoms with Crippen LogP contribution in [-0.4, -0.2) is 37.7 Å². The van der Waals surface area contributed by atoms with Crippen LogP contribution in [0.1, 0.15) is 36.5 Å². The zero-order valence-electron chi connectivity index (χ0n) is 17.1. The Morgan fingerprint density at radius 1 is 1.21 bits per heavy atom. The highest BCUT2D eigenvalue weighted by Gasteiger charge is 2.23. The van der Waals surface area contributed by atoms with Gasteiger partial charge in [-0.05, 0) is 56.1 Å². The van der Waals surface area contributed by atoms with E-state index in [1.807, 2.05) is 18.2 Å². The van der Waals surface area contributed by atoms with Gasteiger partial charge in [0, 0.05) is 29.2 Å². The van der Waals surface area contributed by atoms with Crippen molar-refractivity contribution in [3.8, 4) is 11.5 Å². The molecule has 0 amide bonds. The van der Waals surface area contributed by atoms with Crippen LogP contribution < -0.4 is 14.8 Å². The molecule has 28 heavy (non-hydrogen) atoms. The number of rotatable bonds is 9. The SMILES string of the molecule is CCN1CCCC1CNCc1c(Br)ccc(OC)c1OCc1ccccc1C. The second-order valence-corrected chi connectivity index (χ2v) is 8.18. The number of nitrogens with zero attached hydrogens (tertiary/aromatic N) is 1. The van der Waals surface area contributed by atoms with Crippen LogP contribution in [0.5, 0.6) is 11.5 Å². The van der Waals surface area contributed by atoms with Crippen LogP contribution in [0.2, 0.25) is 0 Å². The van der Waals surface area contributed by atoms with Crippen molar-refractivity contribution < 1.29 is 9.47 Å². The number of aryl methyl sites for hydroxylation is 1. The number of hydrogen-bond donors (Lipinski definition) is 1. The topological polar surface area (TPSA) is 33.7 Å². The second-order valence-electron chi connectivity index (χ2n) is 7.33. The highest BCUT2D eigenvalue weighted by molar-refractivity contribution is 9.10. The fraction of sp³-hybridized carbons (Fsp3) is 0.478. The van der Waals surface area contributed by atoms with Gasteiger partial charge in [0.1, 0.15) is 6.61 Å². The minimum absolute atomic E-state index is 0.527. The Bertz CT molecular complexity index is 781. The summed E-state index contributed by atoms with van der Waals surface area (Å²) in [4.78, 5) is 2.56. The molecule has 0 aromatic heterocycles. The summed E-state index contributed by atoms with van der Waals surface area (Å²) in [5.74, 6) is 1.58. The first kappa shape index (κ1) is 21.2. The molecule has 0 radical (unpaired) electrons. The van der Waals surface area contributed by atoms with Crippen molar-refractivity contribution in [3.05, 3.63) is 57.6 Å². The van der Waals surface area contributed by atoms with E-state index in [0.29, 0.717) is 12.6 Å². The molecule has 0 aliphatic carbocycles. The molecule has 2 aromatic carbocycles. The summed E-state index contributed by atoms with van der Waals surface area (Å²) in [7, 11) is 1.69. The van der Waals surface area contributed by atoms with Crippen molar-refractivity contribution >= 4 is 15.9 Å². The molecule has 1 aliphatic rings. The van der Waals surface area contributed by atoms with Crippen molar-refractivity contribution in [2.45, 2.75) is 45.9 Å². The Hall–Kier alpha value is -1.56. The first-order valence-electron chi connectivity index (χ1n) is 10.1. The van der Waals surface area contributed by atoms with Crippen molar-refractivity contribution in [2.75, 3.05) is 26.7 Å². The van der Waals surface area contributed by atoms with Gasteiger partial charge in [-0.3, -0.25) is 4.90 Å². The lowest BCUT2D eigenvalue weighted by Gasteiger charge is -2.23. The summed E-state index contributed by atoms with van der Waals surface area (Å²) in [5, 5.41) is 3.64. The van der Waals surface area contributed by atoms with Gasteiger partial charge in [0.15, 0.2) is 11.5 Å². The summed E-state index contributed by atoms with van der Waals surface area (Å²) in [6, 6.07) is 12.9. The zero-order valence-corrected chi connectivity index (χ0v) is 18.7. The van der Waals surface area contributed by atoms with Crippen molar-refractivity contribution in [1.29, 1.82) is 0 Å². The van der Waals surface area contributed by atoms with E-state index in [4.69, 9.17) is 9.47 Å². The fourth-order valence-electron chi connectivity index (χ4n) is 3.89. The molecule has 1 aliphatic heterocycles. The molecule has 2 aromatic rings. The van der Waals surface area contributed by atoms with Gasteiger partial charge in [-0.1, -0.05) is 47.1 Å². The predicted molar refractivity (Wildman–Crippen MR) is 118 cm³/mol. The molecule has 0 bridgehead atoms. The quantitative estimate of drug-likeness (QED) is 0.592. The van der Waals surface area contributed by atoms with E-state index in [1.54, 1.807) is 7.11 Å². The zero-order chi connectivity index (χ0) is 19.9. The fourth-order valence-corrected chi connectivity index (χ4v) is 4.35. The van der Waals surface area contributed by atoms with Crippen LogP contribution in [-0.2, 0) is 13.2 Å². The number of likely N-dealkylation sites (N-methyl/N-ethyl adjacent to an activating group) is 1. The molecule has 0 spiro atoms. The maximum atomic E-state index is 6.27. The molecule has 1 atom stereocenters. The van der Waals surface area contributed by atoms with Gasteiger partial charge in [0.25, 0.3) is 0 Å². The minimum atomic E-state index is 0.527. The van der Waals surface area contributed by atoms with Crippen molar-refractivity contribution in [1.82, 2.24) is 10.2 Å². The average molecular weight is 447 g/mol. The molecule has 152 valence electrons. The van der Waals surface area contributed by atoms with Crippen molar-refractivity contribution in [2.24, 2.45) is 0 Å². The van der Waals surface area contributed by atoms with Crippen LogP contribution in [0.15, 0.2) is 40.9 Å². The molecule has 1 saturated heterocycles. The molecular weight excluding hydrogens is 416 g/mol. The molecule has 1 N–H and O–H groups in total. The standard InChI is InChI=1S/C23H31BrN2O2/c1-4-26-13-7-10-19(26)14-25-15-20-21(24)11-12-22(27-3)23(20)28-16-18-9-6-5-8-17(18)2/h5-6,8-9,11-12,19,25H,4,7,10,13-16H2,1-3H3. The Morgan fingerprint density at radius 2 is 2.04 bits per heavy atom. The third-order valence-corrected chi connectivity index (χ3v) is 6.35.